The Bertz CT molecular complexity index is 786. The van der Waals surface area contributed by atoms with Crippen molar-refractivity contribution in [2.75, 3.05) is 18.1 Å². The van der Waals surface area contributed by atoms with Crippen LogP contribution in [0.2, 0.25) is 0 Å². The van der Waals surface area contributed by atoms with Crippen molar-refractivity contribution >= 4 is 39.1 Å². The van der Waals surface area contributed by atoms with Crippen molar-refractivity contribution in [3.63, 3.8) is 0 Å². The molecule has 0 atom stereocenters. The smallest absolute Gasteiger partial charge is 0.167 e. The van der Waals surface area contributed by atoms with E-state index in [4.69, 9.17) is 0 Å². The number of hydrogen-bond acceptors (Lipinski definition) is 5. The normalized spacial score (nSPS) is 11.0. The second kappa shape index (κ2) is 5.99. The molecule has 0 aliphatic carbocycles. The zero-order valence-corrected chi connectivity index (χ0v) is 13.3. The van der Waals surface area contributed by atoms with Crippen molar-refractivity contribution < 1.29 is 4.39 Å². The first-order valence-electron chi connectivity index (χ1n) is 6.56. The molecule has 2 heterocycles. The van der Waals surface area contributed by atoms with Gasteiger partial charge in [0.05, 0.1) is 10.9 Å². The van der Waals surface area contributed by atoms with Crippen LogP contribution in [-0.2, 0) is 0 Å². The monoisotopic (exact) mass is 319 g/mol. The van der Waals surface area contributed by atoms with Crippen LogP contribution in [0.1, 0.15) is 6.92 Å². The molecule has 108 valence electrons. The Labute approximate surface area is 130 Å². The maximum absolute atomic E-state index is 14.3. The maximum Gasteiger partial charge on any atom is 0.167 e. The first-order chi connectivity index (χ1) is 10.2. The van der Waals surface area contributed by atoms with E-state index in [1.54, 1.807) is 6.07 Å². The van der Waals surface area contributed by atoms with E-state index in [0.29, 0.717) is 11.4 Å². The van der Waals surface area contributed by atoms with E-state index in [1.807, 2.05) is 30.7 Å². The Morgan fingerprint density at radius 1 is 1.29 bits per heavy atom. The van der Waals surface area contributed by atoms with Crippen LogP contribution in [-0.4, -0.2) is 22.8 Å². The van der Waals surface area contributed by atoms with Crippen molar-refractivity contribution in [2.24, 2.45) is 0 Å². The lowest BCUT2D eigenvalue weighted by atomic mass is 10.2. The minimum Gasteiger partial charge on any atom is -0.370 e. The van der Waals surface area contributed by atoms with Crippen molar-refractivity contribution in [1.29, 1.82) is 0 Å². The molecule has 0 unspecified atom stereocenters. The maximum atomic E-state index is 14.3. The molecular formula is C15H14FN3S2. The zero-order chi connectivity index (χ0) is 14.8. The molecule has 0 spiro atoms. The van der Waals surface area contributed by atoms with Gasteiger partial charge in [-0.2, -0.15) is 0 Å². The van der Waals surface area contributed by atoms with Crippen LogP contribution in [0, 0.1) is 5.82 Å². The van der Waals surface area contributed by atoms with E-state index in [9.17, 15) is 4.39 Å². The summed E-state index contributed by atoms with van der Waals surface area (Å²) in [5, 5.41) is 6.18. The number of nitrogens with zero attached hydrogens (tertiary/aromatic N) is 2. The highest BCUT2D eigenvalue weighted by molar-refractivity contribution is 7.98. The SMILES string of the molecule is CCNc1nc(-c2c(F)cccc2SC)nc2sccc12. The summed E-state index contributed by atoms with van der Waals surface area (Å²) in [6.45, 7) is 2.77. The summed E-state index contributed by atoms with van der Waals surface area (Å²) in [6, 6.07) is 7.03. The third-order valence-electron chi connectivity index (χ3n) is 3.09. The summed E-state index contributed by atoms with van der Waals surface area (Å²) in [5.41, 5.74) is 0.472. The number of aromatic nitrogens is 2. The molecule has 6 heteroatoms. The molecule has 3 aromatic rings. The van der Waals surface area contributed by atoms with E-state index in [2.05, 4.69) is 15.3 Å². The highest BCUT2D eigenvalue weighted by Gasteiger charge is 2.16. The van der Waals surface area contributed by atoms with E-state index in [0.717, 1.165) is 27.5 Å². The standard InChI is InChI=1S/C15H14FN3S2/c1-3-17-13-9-7-8-21-15(9)19-14(18-13)12-10(16)5-4-6-11(12)20-2/h4-8H,3H2,1-2H3,(H,17,18,19). The number of thioether (sulfide) groups is 1. The van der Waals surface area contributed by atoms with Crippen molar-refractivity contribution in [1.82, 2.24) is 9.97 Å². The van der Waals surface area contributed by atoms with Gasteiger partial charge in [-0.3, -0.25) is 0 Å². The molecule has 0 fully saturated rings. The quantitative estimate of drug-likeness (QED) is 0.710. The van der Waals surface area contributed by atoms with Crippen molar-refractivity contribution in [3.05, 3.63) is 35.5 Å². The number of halogens is 1. The van der Waals surface area contributed by atoms with E-state index in [1.165, 1.54) is 29.2 Å². The molecule has 0 amide bonds. The van der Waals surface area contributed by atoms with Crippen LogP contribution in [0.3, 0.4) is 0 Å². The van der Waals surface area contributed by atoms with Gasteiger partial charge in [0, 0.05) is 11.4 Å². The van der Waals surface area contributed by atoms with Gasteiger partial charge in [-0.05, 0) is 36.8 Å². The largest absolute Gasteiger partial charge is 0.370 e. The molecule has 21 heavy (non-hydrogen) atoms. The second-order valence-corrected chi connectivity index (χ2v) is 6.13. The molecule has 0 bridgehead atoms. The fraction of sp³-hybridized carbons (Fsp3) is 0.200. The highest BCUT2D eigenvalue weighted by atomic mass is 32.2. The van der Waals surface area contributed by atoms with Crippen LogP contribution < -0.4 is 5.32 Å². The molecule has 1 aromatic carbocycles. The lowest BCUT2D eigenvalue weighted by Crippen LogP contribution is -2.03. The minimum atomic E-state index is -0.291. The molecule has 0 saturated heterocycles. The third-order valence-corrected chi connectivity index (χ3v) is 4.67. The predicted octanol–water partition coefficient (Wildman–Crippen LogP) is 4.65. The van der Waals surface area contributed by atoms with Gasteiger partial charge < -0.3 is 5.32 Å². The molecule has 3 rings (SSSR count). The van der Waals surface area contributed by atoms with Gasteiger partial charge in [0.2, 0.25) is 0 Å². The summed E-state index contributed by atoms with van der Waals surface area (Å²) < 4.78 is 14.3. The summed E-state index contributed by atoms with van der Waals surface area (Å²) >= 11 is 3.03. The van der Waals surface area contributed by atoms with Gasteiger partial charge in [-0.15, -0.1) is 23.1 Å². The number of fused-ring (bicyclic) bond motifs is 1. The Morgan fingerprint density at radius 3 is 2.90 bits per heavy atom. The van der Waals surface area contributed by atoms with Crippen molar-refractivity contribution in [3.8, 4) is 11.4 Å². The average Bonchev–Trinajstić information content (AvgIpc) is 2.95. The van der Waals surface area contributed by atoms with Gasteiger partial charge in [-0.1, -0.05) is 6.07 Å². The van der Waals surface area contributed by atoms with E-state index >= 15 is 0 Å². The lowest BCUT2D eigenvalue weighted by Gasteiger charge is -2.10. The minimum absolute atomic E-state index is 0.291. The fourth-order valence-electron chi connectivity index (χ4n) is 2.16. The second-order valence-electron chi connectivity index (χ2n) is 4.38. The summed E-state index contributed by atoms with van der Waals surface area (Å²) in [5.74, 6) is 0.901. The summed E-state index contributed by atoms with van der Waals surface area (Å²) in [7, 11) is 0. The fourth-order valence-corrected chi connectivity index (χ4v) is 3.53. The number of hydrogen-bond donors (Lipinski definition) is 1. The molecule has 0 saturated carbocycles. The molecule has 3 nitrogen and oxygen atoms in total. The Kier molecular flexibility index (Phi) is 4.07. The van der Waals surface area contributed by atoms with Crippen LogP contribution >= 0.6 is 23.1 Å². The average molecular weight is 319 g/mol. The Hall–Kier alpha value is -1.66. The van der Waals surface area contributed by atoms with Gasteiger partial charge in [0.25, 0.3) is 0 Å². The van der Waals surface area contributed by atoms with Crippen LogP contribution in [0.4, 0.5) is 10.2 Å². The molecule has 1 N–H and O–H groups in total. The summed E-state index contributed by atoms with van der Waals surface area (Å²) in [4.78, 5) is 10.8. The molecule has 0 radical (unpaired) electrons. The summed E-state index contributed by atoms with van der Waals surface area (Å²) in [6.07, 6.45) is 1.92. The number of thiophene rings is 1. The number of nitrogens with one attached hydrogen (secondary N) is 1. The van der Waals surface area contributed by atoms with Crippen LogP contribution in [0.15, 0.2) is 34.5 Å². The molecular weight excluding hydrogens is 305 g/mol. The van der Waals surface area contributed by atoms with E-state index in [-0.39, 0.29) is 5.82 Å². The van der Waals surface area contributed by atoms with Crippen LogP contribution in [0.25, 0.3) is 21.6 Å². The van der Waals surface area contributed by atoms with Crippen LogP contribution in [0.5, 0.6) is 0 Å². The molecule has 2 aromatic heterocycles. The van der Waals surface area contributed by atoms with Gasteiger partial charge >= 0.3 is 0 Å². The predicted molar refractivity (Wildman–Crippen MR) is 88.8 cm³/mol. The van der Waals surface area contributed by atoms with Gasteiger partial charge in [-0.25, -0.2) is 14.4 Å². The first-order valence-corrected chi connectivity index (χ1v) is 8.67. The Balaban J connectivity index is 2.25. The lowest BCUT2D eigenvalue weighted by molar-refractivity contribution is 0.627. The molecule has 0 aliphatic heterocycles. The Morgan fingerprint density at radius 2 is 2.14 bits per heavy atom. The highest BCUT2D eigenvalue weighted by Crippen LogP contribution is 2.34. The van der Waals surface area contributed by atoms with Gasteiger partial charge in [0.15, 0.2) is 5.82 Å². The number of benzene rings is 1. The van der Waals surface area contributed by atoms with E-state index < -0.39 is 0 Å². The third kappa shape index (κ3) is 2.61. The zero-order valence-electron chi connectivity index (χ0n) is 11.7. The topological polar surface area (TPSA) is 37.8 Å². The number of anilines is 1. The first kappa shape index (κ1) is 14.3. The van der Waals surface area contributed by atoms with Gasteiger partial charge in [0.1, 0.15) is 16.5 Å². The number of rotatable bonds is 4. The molecule has 0 aliphatic rings. The van der Waals surface area contributed by atoms with Crippen molar-refractivity contribution in [2.45, 2.75) is 11.8 Å².